The van der Waals surface area contributed by atoms with Gasteiger partial charge in [-0.25, -0.2) is 0 Å². The summed E-state index contributed by atoms with van der Waals surface area (Å²) in [6.07, 6.45) is 2.93. The molecule has 0 aromatic rings. The maximum atomic E-state index is 11.3. The number of methoxy groups -OCH3 is 1. The first-order chi connectivity index (χ1) is 6.07. The molecule has 0 saturated heterocycles. The van der Waals surface area contributed by atoms with Crippen LogP contribution in [0.3, 0.4) is 0 Å². The van der Waals surface area contributed by atoms with E-state index in [0.717, 1.165) is 19.3 Å². The van der Waals surface area contributed by atoms with Crippen molar-refractivity contribution in [3.05, 3.63) is 0 Å². The van der Waals surface area contributed by atoms with E-state index >= 15 is 0 Å². The summed E-state index contributed by atoms with van der Waals surface area (Å²) < 4.78 is 4.78. The van der Waals surface area contributed by atoms with E-state index in [-0.39, 0.29) is 24.3 Å². The van der Waals surface area contributed by atoms with E-state index in [9.17, 15) is 4.79 Å². The Bertz CT molecular complexity index is 146. The fourth-order valence-corrected chi connectivity index (χ4v) is 1.19. The summed E-state index contributed by atoms with van der Waals surface area (Å²) in [5.41, 5.74) is 5.60. The van der Waals surface area contributed by atoms with Crippen LogP contribution < -0.4 is 5.73 Å². The minimum Gasteiger partial charge on any atom is -0.377 e. The average molecular weight is 187 g/mol. The van der Waals surface area contributed by atoms with Gasteiger partial charge in [0.05, 0.1) is 0 Å². The van der Waals surface area contributed by atoms with Crippen molar-refractivity contribution >= 4 is 5.78 Å². The van der Waals surface area contributed by atoms with Gasteiger partial charge >= 0.3 is 0 Å². The molecule has 0 bridgehead atoms. The number of ether oxygens (including phenoxy) is 1. The van der Waals surface area contributed by atoms with Gasteiger partial charge in [-0.2, -0.15) is 0 Å². The minimum absolute atomic E-state index is 0.110. The molecule has 3 nitrogen and oxygen atoms in total. The summed E-state index contributed by atoms with van der Waals surface area (Å²) in [7, 11) is 1.55. The first kappa shape index (κ1) is 12.6. The Morgan fingerprint density at radius 1 is 1.38 bits per heavy atom. The van der Waals surface area contributed by atoms with E-state index in [0.29, 0.717) is 0 Å². The Labute approximate surface area is 80.6 Å². The summed E-state index contributed by atoms with van der Waals surface area (Å²) in [6, 6.07) is 0.240. The van der Waals surface area contributed by atoms with Crippen molar-refractivity contribution in [1.82, 2.24) is 0 Å². The molecule has 0 spiro atoms. The molecule has 0 fully saturated rings. The van der Waals surface area contributed by atoms with Crippen LogP contribution >= 0.6 is 0 Å². The summed E-state index contributed by atoms with van der Waals surface area (Å²) >= 11 is 0. The van der Waals surface area contributed by atoms with E-state index in [1.165, 1.54) is 0 Å². The highest BCUT2D eigenvalue weighted by atomic mass is 16.5. The van der Waals surface area contributed by atoms with Crippen molar-refractivity contribution in [3.8, 4) is 0 Å². The topological polar surface area (TPSA) is 52.3 Å². The van der Waals surface area contributed by atoms with Gasteiger partial charge in [0.2, 0.25) is 0 Å². The Balaban J connectivity index is 3.49. The van der Waals surface area contributed by atoms with Crippen LogP contribution in [0.15, 0.2) is 0 Å². The number of nitrogens with two attached hydrogens (primary N) is 1. The fourth-order valence-electron chi connectivity index (χ4n) is 1.19. The number of hydrogen-bond acceptors (Lipinski definition) is 3. The normalized spacial score (nSPS) is 15.4. The van der Waals surface area contributed by atoms with Crippen molar-refractivity contribution in [2.45, 2.75) is 39.2 Å². The van der Waals surface area contributed by atoms with Gasteiger partial charge in [-0.15, -0.1) is 0 Å². The van der Waals surface area contributed by atoms with Gasteiger partial charge < -0.3 is 10.5 Å². The highest BCUT2D eigenvalue weighted by Gasteiger charge is 2.11. The first-order valence-electron chi connectivity index (χ1n) is 4.85. The molecule has 0 amide bonds. The molecule has 2 N–H and O–H groups in total. The van der Waals surface area contributed by atoms with Crippen molar-refractivity contribution in [3.63, 3.8) is 0 Å². The van der Waals surface area contributed by atoms with Crippen LogP contribution in [0.1, 0.15) is 33.1 Å². The largest absolute Gasteiger partial charge is 0.377 e. The third kappa shape index (κ3) is 6.72. The summed E-state index contributed by atoms with van der Waals surface area (Å²) in [4.78, 5) is 11.3. The van der Waals surface area contributed by atoms with Crippen LogP contribution in [0.2, 0.25) is 0 Å². The van der Waals surface area contributed by atoms with Crippen LogP contribution in [0.5, 0.6) is 0 Å². The van der Waals surface area contributed by atoms with Gasteiger partial charge in [0.25, 0.3) is 0 Å². The monoisotopic (exact) mass is 187 g/mol. The molecule has 0 aliphatic heterocycles. The van der Waals surface area contributed by atoms with Crippen LogP contribution in [0.4, 0.5) is 0 Å². The lowest BCUT2D eigenvalue weighted by atomic mass is 9.98. The lowest BCUT2D eigenvalue weighted by Crippen LogP contribution is -2.18. The maximum absolute atomic E-state index is 11.3. The van der Waals surface area contributed by atoms with Gasteiger partial charge in [0.15, 0.2) is 5.78 Å². The Hall–Kier alpha value is -0.410. The van der Waals surface area contributed by atoms with Crippen molar-refractivity contribution in [1.29, 1.82) is 0 Å². The third-order valence-electron chi connectivity index (χ3n) is 2.13. The standard InChI is InChI=1S/C10H21NO2/c1-8(10(12)7-13-3)5-4-6-9(2)11/h8-9H,4-7,11H2,1-3H3. The number of hydrogen-bond donors (Lipinski definition) is 1. The van der Waals surface area contributed by atoms with Crippen molar-refractivity contribution in [2.24, 2.45) is 11.7 Å². The predicted molar refractivity (Wildman–Crippen MR) is 53.5 cm³/mol. The Morgan fingerprint density at radius 3 is 2.46 bits per heavy atom. The second-order valence-electron chi connectivity index (χ2n) is 3.71. The Morgan fingerprint density at radius 2 is 2.00 bits per heavy atom. The Kier molecular flexibility index (Phi) is 6.82. The highest BCUT2D eigenvalue weighted by Crippen LogP contribution is 2.09. The van der Waals surface area contributed by atoms with Gasteiger partial charge in [0, 0.05) is 19.1 Å². The smallest absolute Gasteiger partial charge is 0.161 e. The van der Waals surface area contributed by atoms with Crippen molar-refractivity contribution in [2.75, 3.05) is 13.7 Å². The summed E-state index contributed by atoms with van der Waals surface area (Å²) in [5.74, 6) is 0.297. The zero-order valence-electron chi connectivity index (χ0n) is 8.88. The number of Topliss-reactive ketones (excluding diaryl/α,β-unsaturated/α-hetero) is 1. The molecule has 13 heavy (non-hydrogen) atoms. The molecular formula is C10H21NO2. The average Bonchev–Trinajstić information content (AvgIpc) is 2.04. The quantitative estimate of drug-likeness (QED) is 0.654. The molecule has 0 radical (unpaired) electrons. The zero-order valence-corrected chi connectivity index (χ0v) is 8.88. The lowest BCUT2D eigenvalue weighted by molar-refractivity contribution is -0.126. The summed E-state index contributed by atoms with van der Waals surface area (Å²) in [6.45, 7) is 4.17. The molecule has 3 heteroatoms. The second kappa shape index (κ2) is 7.04. The molecule has 78 valence electrons. The van der Waals surface area contributed by atoms with Gasteiger partial charge in [0.1, 0.15) is 6.61 Å². The highest BCUT2D eigenvalue weighted by molar-refractivity contribution is 5.81. The number of carbonyl (C=O) groups excluding carboxylic acids is 1. The number of ketones is 1. The van der Waals surface area contributed by atoms with Gasteiger partial charge in [-0.3, -0.25) is 4.79 Å². The molecule has 0 aliphatic rings. The summed E-state index contributed by atoms with van der Waals surface area (Å²) in [5, 5.41) is 0. The number of carbonyl (C=O) groups is 1. The van der Waals surface area contributed by atoms with E-state index in [1.807, 2.05) is 13.8 Å². The van der Waals surface area contributed by atoms with Crippen LogP contribution in [-0.4, -0.2) is 25.5 Å². The maximum Gasteiger partial charge on any atom is 0.161 e. The zero-order chi connectivity index (χ0) is 10.3. The second-order valence-corrected chi connectivity index (χ2v) is 3.71. The number of rotatable bonds is 7. The first-order valence-corrected chi connectivity index (χ1v) is 4.85. The van der Waals surface area contributed by atoms with Crippen molar-refractivity contribution < 1.29 is 9.53 Å². The molecule has 0 aromatic carbocycles. The van der Waals surface area contributed by atoms with E-state index in [1.54, 1.807) is 7.11 Å². The molecule has 2 atom stereocenters. The predicted octanol–water partition coefficient (Wildman–Crippen LogP) is 1.36. The van der Waals surface area contributed by atoms with E-state index in [4.69, 9.17) is 10.5 Å². The van der Waals surface area contributed by atoms with E-state index in [2.05, 4.69) is 0 Å². The minimum atomic E-state index is 0.110. The fraction of sp³-hybridized carbons (Fsp3) is 0.900. The molecule has 0 rings (SSSR count). The van der Waals surface area contributed by atoms with Crippen LogP contribution in [-0.2, 0) is 9.53 Å². The molecule has 0 aromatic heterocycles. The molecule has 2 unspecified atom stereocenters. The molecule has 0 heterocycles. The SMILES string of the molecule is COCC(=O)C(C)CCCC(C)N. The van der Waals surface area contributed by atoms with Crippen LogP contribution in [0.25, 0.3) is 0 Å². The molecular weight excluding hydrogens is 166 g/mol. The van der Waals surface area contributed by atoms with Gasteiger partial charge in [-0.05, 0) is 19.8 Å². The van der Waals surface area contributed by atoms with E-state index < -0.39 is 0 Å². The lowest BCUT2D eigenvalue weighted by Gasteiger charge is -2.10. The molecule has 0 saturated carbocycles. The van der Waals surface area contributed by atoms with Crippen LogP contribution in [0, 0.1) is 5.92 Å². The third-order valence-corrected chi connectivity index (χ3v) is 2.13. The molecule has 0 aliphatic carbocycles. The van der Waals surface area contributed by atoms with Gasteiger partial charge in [-0.1, -0.05) is 13.3 Å².